The van der Waals surface area contributed by atoms with Gasteiger partial charge in [-0.05, 0) is 48.1 Å². The maximum atomic E-state index is 12.7. The van der Waals surface area contributed by atoms with Gasteiger partial charge in [-0.25, -0.2) is 0 Å². The van der Waals surface area contributed by atoms with Crippen LogP contribution in [-0.2, 0) is 36.7 Å². The van der Waals surface area contributed by atoms with Crippen LogP contribution in [0, 0.1) is 0 Å². The van der Waals surface area contributed by atoms with Crippen LogP contribution in [0.5, 0.6) is 0 Å². The first-order valence-corrected chi connectivity index (χ1v) is 13.3. The lowest BCUT2D eigenvalue weighted by atomic mass is 9.92. The predicted octanol–water partition coefficient (Wildman–Crippen LogP) is 5.16. The summed E-state index contributed by atoms with van der Waals surface area (Å²) in [6.45, 7) is 3.73. The molecule has 0 saturated heterocycles. The topological polar surface area (TPSA) is 98.8 Å². The number of Topliss-reactive ketones (excluding diaryl/α,β-unsaturated/α-hetero) is 1. The number of hydrogen-bond acceptors (Lipinski definition) is 7. The van der Waals surface area contributed by atoms with Crippen molar-refractivity contribution in [3.63, 3.8) is 0 Å². The molecule has 7 nitrogen and oxygen atoms in total. The number of hydrogen-bond donors (Lipinski definition) is 1. The molecule has 0 atom stereocenters. The summed E-state index contributed by atoms with van der Waals surface area (Å²) in [5.74, 6) is -1.15. The highest BCUT2D eigenvalue weighted by atomic mass is 32.1. The van der Waals surface area contributed by atoms with Crippen LogP contribution in [0.2, 0.25) is 0 Å². The van der Waals surface area contributed by atoms with Gasteiger partial charge in [-0.3, -0.25) is 19.2 Å². The van der Waals surface area contributed by atoms with Crippen LogP contribution in [0.1, 0.15) is 54.4 Å². The standard InChI is InChI=1S/C30H33NO6S/c1-21(32)31-30(19-36-22(2)33,20-37-23(3)34)18-17-25-9-12-26(13-10-25)28-15-16-29(38-28)27(35)14-11-24-7-5-4-6-8-24/h4-10,12-13,15-16H,11,14,17-20H2,1-3H3,(H,31,32). The van der Waals surface area contributed by atoms with Crippen LogP contribution >= 0.6 is 11.3 Å². The molecule has 0 aliphatic carbocycles. The van der Waals surface area contributed by atoms with E-state index >= 15 is 0 Å². The number of carbonyl (C=O) groups excluding carboxylic acids is 4. The van der Waals surface area contributed by atoms with Crippen LogP contribution < -0.4 is 5.32 Å². The summed E-state index contributed by atoms with van der Waals surface area (Å²) < 4.78 is 10.4. The van der Waals surface area contributed by atoms with Gasteiger partial charge in [-0.2, -0.15) is 0 Å². The van der Waals surface area contributed by atoms with Crippen LogP contribution in [0.3, 0.4) is 0 Å². The first kappa shape index (κ1) is 28.8. The Labute approximate surface area is 227 Å². The molecule has 3 aromatic rings. The number of amides is 1. The fourth-order valence-electron chi connectivity index (χ4n) is 4.06. The summed E-state index contributed by atoms with van der Waals surface area (Å²) in [6.07, 6.45) is 2.14. The largest absolute Gasteiger partial charge is 0.463 e. The van der Waals surface area contributed by atoms with Crippen molar-refractivity contribution in [1.82, 2.24) is 5.32 Å². The van der Waals surface area contributed by atoms with Crippen LogP contribution in [0.4, 0.5) is 0 Å². The third-order valence-corrected chi connectivity index (χ3v) is 7.22. The number of thiophene rings is 1. The number of rotatable bonds is 13. The molecule has 0 radical (unpaired) electrons. The number of nitrogens with one attached hydrogen (secondary N) is 1. The average molecular weight is 536 g/mol. The molecule has 0 unspecified atom stereocenters. The van der Waals surface area contributed by atoms with Gasteiger partial charge in [0.15, 0.2) is 5.78 Å². The molecular formula is C30H33NO6S. The minimum absolute atomic E-state index is 0.108. The summed E-state index contributed by atoms with van der Waals surface area (Å²) in [5, 5.41) is 2.82. The van der Waals surface area contributed by atoms with Crippen molar-refractivity contribution in [3.8, 4) is 10.4 Å². The van der Waals surface area contributed by atoms with Gasteiger partial charge in [0.05, 0.1) is 4.88 Å². The quantitative estimate of drug-likeness (QED) is 0.240. The SMILES string of the molecule is CC(=O)NC(CCc1ccc(-c2ccc(C(=O)CCc3ccccc3)s2)cc1)(COC(C)=O)COC(C)=O. The number of ketones is 1. The Hall–Kier alpha value is -3.78. The molecule has 0 bridgehead atoms. The van der Waals surface area contributed by atoms with Gasteiger partial charge in [0.2, 0.25) is 5.91 Å². The van der Waals surface area contributed by atoms with E-state index in [2.05, 4.69) is 5.32 Å². The lowest BCUT2D eigenvalue weighted by Gasteiger charge is -2.33. The highest BCUT2D eigenvalue weighted by molar-refractivity contribution is 7.17. The number of esters is 2. The fraction of sp³-hybridized carbons (Fsp3) is 0.333. The zero-order valence-corrected chi connectivity index (χ0v) is 22.8. The molecular weight excluding hydrogens is 502 g/mol. The molecule has 0 saturated carbocycles. The lowest BCUT2D eigenvalue weighted by Crippen LogP contribution is -2.55. The summed E-state index contributed by atoms with van der Waals surface area (Å²) in [4.78, 5) is 49.2. The molecule has 0 aliphatic rings. The summed E-state index contributed by atoms with van der Waals surface area (Å²) in [6, 6.07) is 21.8. The lowest BCUT2D eigenvalue weighted by molar-refractivity contribution is -0.150. The van der Waals surface area contributed by atoms with Crippen molar-refractivity contribution >= 4 is 35.0 Å². The Morgan fingerprint density at radius 2 is 1.37 bits per heavy atom. The molecule has 3 rings (SSSR count). The molecule has 0 fully saturated rings. The van der Waals surface area contributed by atoms with E-state index in [1.165, 1.54) is 32.1 Å². The normalized spacial score (nSPS) is 11.0. The van der Waals surface area contributed by atoms with E-state index in [4.69, 9.17) is 9.47 Å². The van der Waals surface area contributed by atoms with E-state index in [0.717, 1.165) is 32.9 Å². The van der Waals surface area contributed by atoms with Gasteiger partial charge in [-0.1, -0.05) is 54.6 Å². The Morgan fingerprint density at radius 3 is 1.95 bits per heavy atom. The molecule has 38 heavy (non-hydrogen) atoms. The van der Waals surface area contributed by atoms with Crippen molar-refractivity contribution < 1.29 is 28.7 Å². The minimum Gasteiger partial charge on any atom is -0.463 e. The highest BCUT2D eigenvalue weighted by Gasteiger charge is 2.34. The van der Waals surface area contributed by atoms with Crippen LogP contribution in [-0.4, -0.2) is 42.4 Å². The maximum absolute atomic E-state index is 12.7. The summed E-state index contributed by atoms with van der Waals surface area (Å²) in [7, 11) is 0. The van der Waals surface area contributed by atoms with Gasteiger partial charge in [0.1, 0.15) is 18.8 Å². The van der Waals surface area contributed by atoms with Crippen molar-refractivity contribution in [3.05, 3.63) is 82.7 Å². The Bertz CT molecular complexity index is 1230. The minimum atomic E-state index is -1.04. The Morgan fingerprint density at radius 1 is 0.763 bits per heavy atom. The molecule has 1 aromatic heterocycles. The van der Waals surface area contributed by atoms with Crippen molar-refractivity contribution in [2.45, 2.75) is 52.0 Å². The molecule has 1 heterocycles. The number of benzene rings is 2. The van der Waals surface area contributed by atoms with Gasteiger partial charge in [0, 0.05) is 32.1 Å². The van der Waals surface area contributed by atoms with E-state index in [-0.39, 0.29) is 24.9 Å². The maximum Gasteiger partial charge on any atom is 0.302 e. The summed E-state index contributed by atoms with van der Waals surface area (Å²) in [5.41, 5.74) is 2.13. The zero-order valence-electron chi connectivity index (χ0n) is 22.0. The second kappa shape index (κ2) is 13.7. The molecule has 2 aromatic carbocycles. The number of carbonyl (C=O) groups is 4. The number of ether oxygens (including phenoxy) is 2. The van der Waals surface area contributed by atoms with Gasteiger partial charge >= 0.3 is 11.9 Å². The van der Waals surface area contributed by atoms with Gasteiger partial charge in [0.25, 0.3) is 0 Å². The van der Waals surface area contributed by atoms with E-state index in [1.807, 2.05) is 66.7 Å². The Kier molecular flexibility index (Phi) is 10.4. The van der Waals surface area contributed by atoms with Crippen molar-refractivity contribution in [2.24, 2.45) is 0 Å². The highest BCUT2D eigenvalue weighted by Crippen LogP contribution is 2.30. The average Bonchev–Trinajstić information content (AvgIpc) is 3.39. The van der Waals surface area contributed by atoms with E-state index in [0.29, 0.717) is 19.3 Å². The molecule has 8 heteroatoms. The monoisotopic (exact) mass is 535 g/mol. The van der Waals surface area contributed by atoms with E-state index < -0.39 is 17.5 Å². The van der Waals surface area contributed by atoms with Crippen LogP contribution in [0.15, 0.2) is 66.7 Å². The molecule has 0 spiro atoms. The summed E-state index contributed by atoms with van der Waals surface area (Å²) >= 11 is 1.48. The fourth-order valence-corrected chi connectivity index (χ4v) is 5.04. The Balaban J connectivity index is 1.65. The second-order valence-electron chi connectivity index (χ2n) is 9.29. The van der Waals surface area contributed by atoms with E-state index in [9.17, 15) is 19.2 Å². The van der Waals surface area contributed by atoms with E-state index in [1.54, 1.807) is 0 Å². The molecule has 1 amide bonds. The van der Waals surface area contributed by atoms with Crippen molar-refractivity contribution in [1.29, 1.82) is 0 Å². The number of aryl methyl sites for hydroxylation is 2. The first-order chi connectivity index (χ1) is 18.2. The molecule has 200 valence electrons. The zero-order chi connectivity index (χ0) is 27.5. The van der Waals surface area contributed by atoms with Gasteiger partial charge < -0.3 is 14.8 Å². The molecule has 1 N–H and O–H groups in total. The third kappa shape index (κ3) is 8.95. The predicted molar refractivity (Wildman–Crippen MR) is 147 cm³/mol. The third-order valence-electron chi connectivity index (χ3n) is 6.04. The molecule has 0 aliphatic heterocycles. The van der Waals surface area contributed by atoms with Crippen LogP contribution in [0.25, 0.3) is 10.4 Å². The first-order valence-electron chi connectivity index (χ1n) is 12.5. The van der Waals surface area contributed by atoms with Crippen molar-refractivity contribution in [2.75, 3.05) is 13.2 Å². The smallest absolute Gasteiger partial charge is 0.302 e. The van der Waals surface area contributed by atoms with Gasteiger partial charge in [-0.15, -0.1) is 11.3 Å². The second-order valence-corrected chi connectivity index (χ2v) is 10.4.